The molecule has 1 amide bonds. The number of carbonyl (C=O) groups is 1. The van der Waals surface area contributed by atoms with Crippen LogP contribution in [0.3, 0.4) is 0 Å². The topological polar surface area (TPSA) is 71.3 Å². The maximum Gasteiger partial charge on any atom is 0.238 e. The predicted molar refractivity (Wildman–Crippen MR) is 94.5 cm³/mol. The molecule has 0 radical (unpaired) electrons. The van der Waals surface area contributed by atoms with E-state index in [0.29, 0.717) is 18.4 Å². The zero-order valence-electron chi connectivity index (χ0n) is 14.6. The third-order valence-corrected chi connectivity index (χ3v) is 5.11. The van der Waals surface area contributed by atoms with Gasteiger partial charge >= 0.3 is 0 Å². The van der Waals surface area contributed by atoms with Crippen molar-refractivity contribution in [1.82, 2.24) is 15.1 Å². The van der Waals surface area contributed by atoms with Crippen molar-refractivity contribution in [2.45, 2.75) is 44.4 Å². The number of rotatable bonds is 5. The lowest BCUT2D eigenvalue weighted by Gasteiger charge is -2.29. The Morgan fingerprint density at radius 2 is 1.76 bits per heavy atom. The van der Waals surface area contributed by atoms with Gasteiger partial charge in [0.05, 0.1) is 6.54 Å². The Balaban J connectivity index is 1.26. The van der Waals surface area contributed by atoms with Crippen molar-refractivity contribution in [3.8, 4) is 0 Å². The van der Waals surface area contributed by atoms with Crippen LogP contribution in [0.15, 0.2) is 28.7 Å². The zero-order chi connectivity index (χ0) is 17.2. The summed E-state index contributed by atoms with van der Waals surface area (Å²) < 4.78 is 5.84. The minimum atomic E-state index is 0.0431. The van der Waals surface area contributed by atoms with Gasteiger partial charge in [-0.3, -0.25) is 9.69 Å². The molecule has 1 aliphatic carbocycles. The van der Waals surface area contributed by atoms with E-state index in [1.165, 1.54) is 12.8 Å². The van der Waals surface area contributed by atoms with Crippen LogP contribution in [-0.4, -0.2) is 40.6 Å². The van der Waals surface area contributed by atoms with E-state index < -0.39 is 0 Å². The van der Waals surface area contributed by atoms with Crippen LogP contribution in [0.4, 0.5) is 5.69 Å². The number of hydrogen-bond donors (Lipinski definition) is 1. The maximum atomic E-state index is 12.3. The normalized spacial score (nSPS) is 19.1. The number of likely N-dealkylation sites (tertiary alicyclic amines) is 1. The molecule has 2 heterocycles. The summed E-state index contributed by atoms with van der Waals surface area (Å²) in [6.07, 6.45) is 4.28. The summed E-state index contributed by atoms with van der Waals surface area (Å²) in [6, 6.07) is 7.85. The molecule has 25 heavy (non-hydrogen) atoms. The molecule has 0 atom stereocenters. The number of aromatic nitrogens is 2. The number of carbonyl (C=O) groups excluding carboxylic acids is 1. The standard InChI is InChI=1S/C19H24N4O2/c1-13-4-2-3-5-16(13)20-17(24)12-23-10-8-15(9-11-23)19-22-21-18(25-19)14-6-7-14/h2-5,14-15H,6-12H2,1H3,(H,20,24). The van der Waals surface area contributed by atoms with Gasteiger partial charge in [0.1, 0.15) is 0 Å². The molecule has 1 saturated heterocycles. The second-order valence-corrected chi connectivity index (χ2v) is 7.17. The summed E-state index contributed by atoms with van der Waals surface area (Å²) in [5.41, 5.74) is 1.97. The molecule has 1 N–H and O–H groups in total. The van der Waals surface area contributed by atoms with Crippen LogP contribution in [-0.2, 0) is 4.79 Å². The van der Waals surface area contributed by atoms with E-state index >= 15 is 0 Å². The highest BCUT2D eigenvalue weighted by atomic mass is 16.4. The molecule has 1 saturated carbocycles. The van der Waals surface area contributed by atoms with Gasteiger partial charge in [-0.05, 0) is 57.3 Å². The largest absolute Gasteiger partial charge is 0.425 e. The second-order valence-electron chi connectivity index (χ2n) is 7.17. The molecule has 0 bridgehead atoms. The fourth-order valence-corrected chi connectivity index (χ4v) is 3.35. The summed E-state index contributed by atoms with van der Waals surface area (Å²) in [5, 5.41) is 11.4. The molecular formula is C19H24N4O2. The number of nitrogens with zero attached hydrogens (tertiary/aromatic N) is 3. The number of nitrogens with one attached hydrogen (secondary N) is 1. The zero-order valence-corrected chi connectivity index (χ0v) is 14.6. The van der Waals surface area contributed by atoms with Crippen LogP contribution in [0.25, 0.3) is 0 Å². The number of benzene rings is 1. The van der Waals surface area contributed by atoms with Crippen LogP contribution in [0.1, 0.15) is 54.9 Å². The van der Waals surface area contributed by atoms with Crippen molar-refractivity contribution in [2.24, 2.45) is 0 Å². The fourth-order valence-electron chi connectivity index (χ4n) is 3.35. The van der Waals surface area contributed by atoms with Crippen LogP contribution in [0, 0.1) is 6.92 Å². The van der Waals surface area contributed by atoms with E-state index in [4.69, 9.17) is 4.42 Å². The van der Waals surface area contributed by atoms with Gasteiger partial charge in [-0.25, -0.2) is 0 Å². The number of amides is 1. The summed E-state index contributed by atoms with van der Waals surface area (Å²) in [6.45, 7) is 4.19. The third kappa shape index (κ3) is 3.90. The van der Waals surface area contributed by atoms with Crippen LogP contribution < -0.4 is 5.32 Å². The average molecular weight is 340 g/mol. The minimum Gasteiger partial charge on any atom is -0.425 e. The molecule has 6 heteroatoms. The van der Waals surface area contributed by atoms with Gasteiger partial charge in [0.25, 0.3) is 0 Å². The minimum absolute atomic E-state index is 0.0431. The smallest absolute Gasteiger partial charge is 0.238 e. The first-order valence-corrected chi connectivity index (χ1v) is 9.10. The Kier molecular flexibility index (Phi) is 4.53. The highest BCUT2D eigenvalue weighted by molar-refractivity contribution is 5.92. The Morgan fingerprint density at radius 3 is 2.40 bits per heavy atom. The van der Waals surface area contributed by atoms with Crippen LogP contribution in [0.5, 0.6) is 0 Å². The lowest BCUT2D eigenvalue weighted by molar-refractivity contribution is -0.117. The van der Waals surface area contributed by atoms with Crippen molar-refractivity contribution >= 4 is 11.6 Å². The Morgan fingerprint density at radius 1 is 1.12 bits per heavy atom. The average Bonchev–Trinajstić information content (AvgIpc) is 3.35. The Bertz CT molecular complexity index is 745. The highest BCUT2D eigenvalue weighted by Gasteiger charge is 2.31. The highest BCUT2D eigenvalue weighted by Crippen LogP contribution is 2.40. The molecule has 4 rings (SSSR count). The molecule has 1 aromatic heterocycles. The van der Waals surface area contributed by atoms with Gasteiger partial charge in [0.15, 0.2) is 0 Å². The lowest BCUT2D eigenvalue weighted by Crippen LogP contribution is -2.38. The first kappa shape index (κ1) is 16.3. The quantitative estimate of drug-likeness (QED) is 0.906. The third-order valence-electron chi connectivity index (χ3n) is 5.11. The number of aryl methyl sites for hydroxylation is 1. The summed E-state index contributed by atoms with van der Waals surface area (Å²) in [5.74, 6) is 2.48. The number of para-hydroxylation sites is 1. The summed E-state index contributed by atoms with van der Waals surface area (Å²) >= 11 is 0. The molecule has 1 aliphatic heterocycles. The van der Waals surface area contributed by atoms with Crippen molar-refractivity contribution in [3.63, 3.8) is 0 Å². The number of anilines is 1. The SMILES string of the molecule is Cc1ccccc1NC(=O)CN1CCC(c2nnc(C3CC3)o2)CC1. The van der Waals surface area contributed by atoms with Crippen LogP contribution in [0.2, 0.25) is 0 Å². The van der Waals surface area contributed by atoms with Gasteiger partial charge in [-0.1, -0.05) is 18.2 Å². The van der Waals surface area contributed by atoms with E-state index in [2.05, 4.69) is 20.4 Å². The predicted octanol–water partition coefficient (Wildman–Crippen LogP) is 3.07. The van der Waals surface area contributed by atoms with Crippen molar-refractivity contribution in [1.29, 1.82) is 0 Å². The second kappa shape index (κ2) is 6.96. The van der Waals surface area contributed by atoms with Gasteiger partial charge in [0.2, 0.25) is 17.7 Å². The fraction of sp³-hybridized carbons (Fsp3) is 0.526. The van der Waals surface area contributed by atoms with E-state index in [-0.39, 0.29) is 5.91 Å². The molecule has 0 unspecified atom stereocenters. The Labute approximate surface area is 147 Å². The Hall–Kier alpha value is -2.21. The molecule has 2 aromatic rings. The van der Waals surface area contributed by atoms with E-state index in [9.17, 15) is 4.79 Å². The number of piperidine rings is 1. The lowest BCUT2D eigenvalue weighted by atomic mass is 9.97. The molecule has 2 aliphatic rings. The van der Waals surface area contributed by atoms with E-state index in [0.717, 1.165) is 49.0 Å². The first-order chi connectivity index (χ1) is 12.2. The van der Waals surface area contributed by atoms with E-state index in [1.54, 1.807) is 0 Å². The molecule has 6 nitrogen and oxygen atoms in total. The molecule has 1 aromatic carbocycles. The summed E-state index contributed by atoms with van der Waals surface area (Å²) in [4.78, 5) is 14.5. The number of hydrogen-bond acceptors (Lipinski definition) is 5. The van der Waals surface area contributed by atoms with Gasteiger partial charge < -0.3 is 9.73 Å². The van der Waals surface area contributed by atoms with Crippen molar-refractivity contribution in [2.75, 3.05) is 25.0 Å². The van der Waals surface area contributed by atoms with Crippen LogP contribution >= 0.6 is 0 Å². The van der Waals surface area contributed by atoms with Gasteiger partial charge in [-0.15, -0.1) is 10.2 Å². The van der Waals surface area contributed by atoms with Crippen molar-refractivity contribution < 1.29 is 9.21 Å². The van der Waals surface area contributed by atoms with Crippen molar-refractivity contribution in [3.05, 3.63) is 41.6 Å². The monoisotopic (exact) mass is 340 g/mol. The maximum absolute atomic E-state index is 12.3. The molecule has 2 fully saturated rings. The molecular weight excluding hydrogens is 316 g/mol. The van der Waals surface area contributed by atoms with E-state index in [1.807, 2.05) is 31.2 Å². The van der Waals surface area contributed by atoms with Gasteiger partial charge in [-0.2, -0.15) is 0 Å². The molecule has 132 valence electrons. The summed E-state index contributed by atoms with van der Waals surface area (Å²) in [7, 11) is 0. The molecule has 0 spiro atoms. The first-order valence-electron chi connectivity index (χ1n) is 9.10. The van der Waals surface area contributed by atoms with Gasteiger partial charge in [0, 0.05) is 17.5 Å².